The molecule has 3 nitrogen and oxygen atoms in total. The van der Waals surface area contributed by atoms with Gasteiger partial charge in [0.1, 0.15) is 5.15 Å². The van der Waals surface area contributed by atoms with Crippen LogP contribution in [-0.2, 0) is 0 Å². The number of amides is 1. The number of hydrogen-bond acceptors (Lipinski definition) is 2. The maximum atomic E-state index is 12.1. The molecule has 92 valence electrons. The first kappa shape index (κ1) is 12.4. The van der Waals surface area contributed by atoms with E-state index in [1.165, 1.54) is 6.42 Å². The summed E-state index contributed by atoms with van der Waals surface area (Å²) in [5.74, 6) is -0.0426. The third-order valence-corrected chi connectivity index (χ3v) is 3.74. The highest BCUT2D eigenvalue weighted by Crippen LogP contribution is 2.34. The second kappa shape index (κ2) is 4.65. The minimum Gasteiger partial charge on any atom is -0.347 e. The van der Waals surface area contributed by atoms with E-state index in [1.54, 1.807) is 12.1 Å². The quantitative estimate of drug-likeness (QED) is 0.840. The monoisotopic (exact) mass is 252 g/mol. The summed E-state index contributed by atoms with van der Waals surface area (Å²) < 4.78 is 0. The van der Waals surface area contributed by atoms with E-state index in [-0.39, 0.29) is 11.4 Å². The summed E-state index contributed by atoms with van der Waals surface area (Å²) in [5.41, 5.74) is 1.38. The van der Waals surface area contributed by atoms with Crippen LogP contribution in [0.2, 0.25) is 5.15 Å². The Kier molecular flexibility index (Phi) is 3.38. The van der Waals surface area contributed by atoms with Gasteiger partial charge >= 0.3 is 0 Å². The molecule has 2 rings (SSSR count). The van der Waals surface area contributed by atoms with Crippen LogP contribution in [0.3, 0.4) is 0 Å². The summed E-state index contributed by atoms with van der Waals surface area (Å²) in [4.78, 5) is 16.2. The van der Waals surface area contributed by atoms with Crippen molar-refractivity contribution in [2.45, 2.75) is 45.1 Å². The molecule has 1 aromatic rings. The lowest BCUT2D eigenvalue weighted by atomic mass is 9.74. The Balaban J connectivity index is 2.14. The Morgan fingerprint density at radius 3 is 2.71 bits per heavy atom. The molecular weight excluding hydrogens is 236 g/mol. The SMILES string of the molecule is CCC1(NC(=O)c2cc(C)nc(Cl)c2)CCC1. The van der Waals surface area contributed by atoms with Crippen LogP contribution in [-0.4, -0.2) is 16.4 Å². The van der Waals surface area contributed by atoms with E-state index in [4.69, 9.17) is 11.6 Å². The third-order valence-electron chi connectivity index (χ3n) is 3.55. The van der Waals surface area contributed by atoms with Crippen LogP contribution in [0, 0.1) is 6.92 Å². The molecule has 1 aromatic heterocycles. The average Bonchev–Trinajstić information content (AvgIpc) is 2.21. The largest absolute Gasteiger partial charge is 0.347 e. The van der Waals surface area contributed by atoms with Gasteiger partial charge < -0.3 is 5.32 Å². The fourth-order valence-corrected chi connectivity index (χ4v) is 2.49. The fraction of sp³-hybridized carbons (Fsp3) is 0.538. The molecule has 1 saturated carbocycles. The maximum Gasteiger partial charge on any atom is 0.251 e. The van der Waals surface area contributed by atoms with Crippen molar-refractivity contribution in [2.75, 3.05) is 0 Å². The van der Waals surface area contributed by atoms with Crippen LogP contribution in [0.25, 0.3) is 0 Å². The minimum atomic E-state index is -0.0426. The molecule has 1 N–H and O–H groups in total. The molecule has 0 aliphatic heterocycles. The molecule has 1 aliphatic carbocycles. The number of carbonyl (C=O) groups excluding carboxylic acids is 1. The van der Waals surface area contributed by atoms with Gasteiger partial charge in [0.15, 0.2) is 0 Å². The molecule has 0 spiro atoms. The summed E-state index contributed by atoms with van der Waals surface area (Å²) in [6.45, 7) is 3.95. The van der Waals surface area contributed by atoms with Gasteiger partial charge in [-0.25, -0.2) is 4.98 Å². The van der Waals surface area contributed by atoms with Crippen LogP contribution in [0.4, 0.5) is 0 Å². The summed E-state index contributed by atoms with van der Waals surface area (Å²) in [6.07, 6.45) is 4.33. The van der Waals surface area contributed by atoms with Crippen LogP contribution in [0.5, 0.6) is 0 Å². The standard InChI is InChI=1S/C13H17ClN2O/c1-3-13(5-4-6-13)16-12(17)10-7-9(2)15-11(14)8-10/h7-8H,3-6H2,1-2H3,(H,16,17). The number of carbonyl (C=O) groups is 1. The van der Waals surface area contributed by atoms with Gasteiger partial charge in [-0.1, -0.05) is 18.5 Å². The molecule has 1 aliphatic rings. The lowest BCUT2D eigenvalue weighted by molar-refractivity contribution is 0.0820. The first-order valence-electron chi connectivity index (χ1n) is 6.01. The number of rotatable bonds is 3. The van der Waals surface area contributed by atoms with Gasteiger partial charge in [-0.05, 0) is 44.7 Å². The van der Waals surface area contributed by atoms with E-state index in [0.717, 1.165) is 25.0 Å². The van der Waals surface area contributed by atoms with Gasteiger partial charge in [0.25, 0.3) is 5.91 Å². The topological polar surface area (TPSA) is 42.0 Å². The number of halogens is 1. The minimum absolute atomic E-state index is 0.0146. The normalized spacial score (nSPS) is 17.4. The maximum absolute atomic E-state index is 12.1. The van der Waals surface area contributed by atoms with Crippen molar-refractivity contribution in [2.24, 2.45) is 0 Å². The molecule has 1 amide bonds. The highest BCUT2D eigenvalue weighted by Gasteiger charge is 2.36. The molecule has 17 heavy (non-hydrogen) atoms. The molecule has 0 aromatic carbocycles. The summed E-state index contributed by atoms with van der Waals surface area (Å²) in [5, 5.41) is 3.49. The highest BCUT2D eigenvalue weighted by molar-refractivity contribution is 6.29. The lowest BCUT2D eigenvalue weighted by Crippen LogP contribution is -2.53. The highest BCUT2D eigenvalue weighted by atomic mass is 35.5. The Labute approximate surface area is 107 Å². The molecular formula is C13H17ClN2O. The van der Waals surface area contributed by atoms with Crippen molar-refractivity contribution in [3.8, 4) is 0 Å². The number of nitrogens with zero attached hydrogens (tertiary/aromatic N) is 1. The zero-order valence-electron chi connectivity index (χ0n) is 10.2. The Bertz CT molecular complexity index is 415. The van der Waals surface area contributed by atoms with Crippen LogP contribution in [0.15, 0.2) is 12.1 Å². The predicted octanol–water partition coefficient (Wildman–Crippen LogP) is 3.11. The van der Waals surface area contributed by atoms with Crippen molar-refractivity contribution >= 4 is 17.5 Å². The van der Waals surface area contributed by atoms with Crippen molar-refractivity contribution < 1.29 is 4.79 Å². The van der Waals surface area contributed by atoms with Crippen molar-refractivity contribution in [3.05, 3.63) is 28.5 Å². The van der Waals surface area contributed by atoms with Crippen molar-refractivity contribution in [3.63, 3.8) is 0 Å². The van der Waals surface area contributed by atoms with Gasteiger partial charge in [0, 0.05) is 16.8 Å². The summed E-state index contributed by atoms with van der Waals surface area (Å²) in [6, 6.07) is 3.38. The first-order valence-corrected chi connectivity index (χ1v) is 6.39. The van der Waals surface area contributed by atoms with E-state index in [9.17, 15) is 4.79 Å². The Morgan fingerprint density at radius 1 is 1.53 bits per heavy atom. The van der Waals surface area contributed by atoms with E-state index in [0.29, 0.717) is 10.7 Å². The van der Waals surface area contributed by atoms with E-state index >= 15 is 0 Å². The molecule has 1 heterocycles. The smallest absolute Gasteiger partial charge is 0.251 e. The van der Waals surface area contributed by atoms with Crippen molar-refractivity contribution in [1.82, 2.24) is 10.3 Å². The molecule has 4 heteroatoms. The van der Waals surface area contributed by atoms with Crippen LogP contribution < -0.4 is 5.32 Å². The fourth-order valence-electron chi connectivity index (χ4n) is 2.24. The van der Waals surface area contributed by atoms with Crippen LogP contribution in [0.1, 0.15) is 48.7 Å². The molecule has 0 saturated heterocycles. The van der Waals surface area contributed by atoms with Crippen molar-refractivity contribution in [1.29, 1.82) is 0 Å². The number of pyridine rings is 1. The second-order valence-corrected chi connectivity index (χ2v) is 5.15. The van der Waals surface area contributed by atoms with E-state index in [1.807, 2.05) is 6.92 Å². The molecule has 0 bridgehead atoms. The lowest BCUT2D eigenvalue weighted by Gasteiger charge is -2.42. The summed E-state index contributed by atoms with van der Waals surface area (Å²) in [7, 11) is 0. The van der Waals surface area contributed by atoms with Gasteiger partial charge in [-0.3, -0.25) is 4.79 Å². The Hall–Kier alpha value is -1.09. The van der Waals surface area contributed by atoms with Gasteiger partial charge in [-0.15, -0.1) is 0 Å². The van der Waals surface area contributed by atoms with Gasteiger partial charge in [0.05, 0.1) is 0 Å². The van der Waals surface area contributed by atoms with E-state index < -0.39 is 0 Å². The number of nitrogens with one attached hydrogen (secondary N) is 1. The Morgan fingerprint density at radius 2 is 2.24 bits per heavy atom. The predicted molar refractivity (Wildman–Crippen MR) is 68.3 cm³/mol. The zero-order valence-corrected chi connectivity index (χ0v) is 11.0. The molecule has 0 unspecified atom stereocenters. The van der Waals surface area contributed by atoms with Gasteiger partial charge in [-0.2, -0.15) is 0 Å². The second-order valence-electron chi connectivity index (χ2n) is 4.76. The molecule has 1 fully saturated rings. The molecule has 0 atom stereocenters. The molecule has 0 radical (unpaired) electrons. The zero-order chi connectivity index (χ0) is 12.5. The van der Waals surface area contributed by atoms with E-state index in [2.05, 4.69) is 17.2 Å². The first-order chi connectivity index (χ1) is 8.04. The number of aryl methyl sites for hydroxylation is 1. The average molecular weight is 253 g/mol. The summed E-state index contributed by atoms with van der Waals surface area (Å²) >= 11 is 5.86. The van der Waals surface area contributed by atoms with Crippen LogP contribution >= 0.6 is 11.6 Å². The van der Waals surface area contributed by atoms with Gasteiger partial charge in [0.2, 0.25) is 0 Å². The number of hydrogen-bond donors (Lipinski definition) is 1. The number of aromatic nitrogens is 1. The third kappa shape index (κ3) is 2.60.